The number of benzene rings is 1. The molecule has 6 nitrogen and oxygen atoms in total. The first-order valence-corrected chi connectivity index (χ1v) is 7.56. The highest BCUT2D eigenvalue weighted by atomic mass is 35.5. The van der Waals surface area contributed by atoms with Crippen molar-refractivity contribution in [1.29, 1.82) is 0 Å². The summed E-state index contributed by atoms with van der Waals surface area (Å²) in [5.74, 6) is -0.312. The van der Waals surface area contributed by atoms with E-state index >= 15 is 0 Å². The van der Waals surface area contributed by atoms with Crippen molar-refractivity contribution in [2.45, 2.75) is 6.92 Å². The summed E-state index contributed by atoms with van der Waals surface area (Å²) in [6.45, 7) is 1.48. The standard InChI is InChI=1S/C17H13ClO6/c1-2-21-14(19)9-23-17-15(20)11-8-10(18)5-6-12(11)24-16(17)13-4-3-7-22-13/h3-8H,2,9H2,1H3. The van der Waals surface area contributed by atoms with Gasteiger partial charge in [0.2, 0.25) is 16.9 Å². The van der Waals surface area contributed by atoms with E-state index in [9.17, 15) is 9.59 Å². The van der Waals surface area contributed by atoms with E-state index in [0.29, 0.717) is 16.4 Å². The molecular formula is C17H13ClO6. The number of furan rings is 1. The topological polar surface area (TPSA) is 78.9 Å². The van der Waals surface area contributed by atoms with Gasteiger partial charge in [0.15, 0.2) is 12.4 Å². The van der Waals surface area contributed by atoms with Gasteiger partial charge in [0.05, 0.1) is 18.3 Å². The van der Waals surface area contributed by atoms with Crippen LogP contribution in [0.1, 0.15) is 6.92 Å². The second-order valence-corrected chi connectivity index (χ2v) is 5.24. The average molecular weight is 349 g/mol. The molecule has 0 bridgehead atoms. The molecule has 1 aromatic carbocycles. The Labute approximate surface area is 141 Å². The highest BCUT2D eigenvalue weighted by Crippen LogP contribution is 2.31. The van der Waals surface area contributed by atoms with Crippen molar-refractivity contribution in [2.75, 3.05) is 13.2 Å². The van der Waals surface area contributed by atoms with E-state index in [-0.39, 0.29) is 23.5 Å². The molecule has 0 atom stereocenters. The van der Waals surface area contributed by atoms with Crippen LogP contribution >= 0.6 is 11.6 Å². The Bertz CT molecular complexity index is 926. The molecule has 24 heavy (non-hydrogen) atoms. The monoisotopic (exact) mass is 348 g/mol. The van der Waals surface area contributed by atoms with E-state index in [0.717, 1.165) is 0 Å². The van der Waals surface area contributed by atoms with Crippen molar-refractivity contribution in [2.24, 2.45) is 0 Å². The molecule has 0 aliphatic rings. The summed E-state index contributed by atoms with van der Waals surface area (Å²) in [7, 11) is 0. The molecule has 0 spiro atoms. The first-order valence-electron chi connectivity index (χ1n) is 7.18. The second kappa shape index (κ2) is 6.80. The highest BCUT2D eigenvalue weighted by molar-refractivity contribution is 6.31. The Kier molecular flexibility index (Phi) is 4.57. The van der Waals surface area contributed by atoms with Crippen molar-refractivity contribution in [3.8, 4) is 17.3 Å². The van der Waals surface area contributed by atoms with Gasteiger partial charge in [-0.05, 0) is 37.3 Å². The van der Waals surface area contributed by atoms with Gasteiger partial charge in [-0.15, -0.1) is 0 Å². The number of hydrogen-bond donors (Lipinski definition) is 0. The molecule has 3 aromatic rings. The molecule has 2 heterocycles. The van der Waals surface area contributed by atoms with Crippen LogP contribution in [0.3, 0.4) is 0 Å². The fourth-order valence-corrected chi connectivity index (χ4v) is 2.36. The van der Waals surface area contributed by atoms with Gasteiger partial charge in [0.25, 0.3) is 0 Å². The molecule has 0 saturated heterocycles. The molecule has 0 fully saturated rings. The molecule has 0 amide bonds. The van der Waals surface area contributed by atoms with Crippen molar-refractivity contribution in [1.82, 2.24) is 0 Å². The average Bonchev–Trinajstić information content (AvgIpc) is 3.09. The van der Waals surface area contributed by atoms with Crippen LogP contribution < -0.4 is 10.2 Å². The number of fused-ring (bicyclic) bond motifs is 1. The molecule has 0 aliphatic heterocycles. The quantitative estimate of drug-likeness (QED) is 0.655. The molecule has 0 aliphatic carbocycles. The van der Waals surface area contributed by atoms with E-state index in [1.165, 1.54) is 12.3 Å². The minimum absolute atomic E-state index is 0.101. The number of carbonyl (C=O) groups is 1. The second-order valence-electron chi connectivity index (χ2n) is 4.80. The number of hydrogen-bond acceptors (Lipinski definition) is 6. The summed E-state index contributed by atoms with van der Waals surface area (Å²) in [6, 6.07) is 7.94. The van der Waals surface area contributed by atoms with E-state index in [2.05, 4.69) is 0 Å². The van der Waals surface area contributed by atoms with Crippen LogP contribution in [0.4, 0.5) is 0 Å². The predicted molar refractivity (Wildman–Crippen MR) is 87.3 cm³/mol. The lowest BCUT2D eigenvalue weighted by Gasteiger charge is -2.10. The maximum Gasteiger partial charge on any atom is 0.344 e. The smallest absolute Gasteiger partial charge is 0.344 e. The van der Waals surface area contributed by atoms with Gasteiger partial charge in [-0.1, -0.05) is 11.6 Å². The van der Waals surface area contributed by atoms with E-state index in [4.69, 9.17) is 29.9 Å². The number of halogens is 1. The Balaban J connectivity index is 2.12. The van der Waals surface area contributed by atoms with Crippen molar-refractivity contribution in [3.63, 3.8) is 0 Å². The summed E-state index contributed by atoms with van der Waals surface area (Å²) in [5, 5.41) is 0.633. The fraction of sp³-hybridized carbons (Fsp3) is 0.176. The van der Waals surface area contributed by atoms with Crippen LogP contribution in [0.15, 0.2) is 50.2 Å². The molecule has 2 aromatic heterocycles. The van der Waals surface area contributed by atoms with Crippen molar-refractivity contribution >= 4 is 28.5 Å². The molecule has 124 valence electrons. The first kappa shape index (κ1) is 16.1. The van der Waals surface area contributed by atoms with Crippen molar-refractivity contribution in [3.05, 3.63) is 51.8 Å². The lowest BCUT2D eigenvalue weighted by atomic mass is 10.2. The van der Waals surface area contributed by atoms with Gasteiger partial charge < -0.3 is 18.3 Å². The Hall–Kier alpha value is -2.73. The van der Waals surface area contributed by atoms with Crippen LogP contribution in [0.25, 0.3) is 22.5 Å². The Morgan fingerprint density at radius 1 is 1.29 bits per heavy atom. The van der Waals surface area contributed by atoms with Gasteiger partial charge in [0.1, 0.15) is 5.58 Å². The zero-order chi connectivity index (χ0) is 17.1. The van der Waals surface area contributed by atoms with Gasteiger partial charge in [-0.25, -0.2) is 4.79 Å². The lowest BCUT2D eigenvalue weighted by molar-refractivity contribution is -0.145. The number of carbonyl (C=O) groups excluding carboxylic acids is 1. The largest absolute Gasteiger partial charge is 0.474 e. The van der Waals surface area contributed by atoms with Crippen LogP contribution in [0.2, 0.25) is 5.02 Å². The molecule has 7 heteroatoms. The number of esters is 1. The number of ether oxygens (including phenoxy) is 2. The van der Waals surface area contributed by atoms with Gasteiger partial charge in [0, 0.05) is 5.02 Å². The van der Waals surface area contributed by atoms with Gasteiger partial charge >= 0.3 is 5.97 Å². The molecule has 0 N–H and O–H groups in total. The summed E-state index contributed by atoms with van der Waals surface area (Å²) >= 11 is 5.94. The summed E-state index contributed by atoms with van der Waals surface area (Å²) < 4.78 is 21.2. The van der Waals surface area contributed by atoms with Gasteiger partial charge in [-0.3, -0.25) is 4.79 Å². The third kappa shape index (κ3) is 3.14. The molecule has 3 rings (SSSR count). The minimum atomic E-state index is -0.589. The van der Waals surface area contributed by atoms with Crippen molar-refractivity contribution < 1.29 is 23.1 Å². The third-order valence-electron chi connectivity index (χ3n) is 3.20. The van der Waals surface area contributed by atoms with E-state index in [1.807, 2.05) is 0 Å². The number of rotatable bonds is 5. The lowest BCUT2D eigenvalue weighted by Crippen LogP contribution is -2.18. The molecular weight excluding hydrogens is 336 g/mol. The minimum Gasteiger partial charge on any atom is -0.474 e. The van der Waals surface area contributed by atoms with Crippen LogP contribution in [0.5, 0.6) is 5.75 Å². The highest BCUT2D eigenvalue weighted by Gasteiger charge is 2.21. The Morgan fingerprint density at radius 3 is 2.83 bits per heavy atom. The summed E-state index contributed by atoms with van der Waals surface area (Å²) in [4.78, 5) is 24.2. The van der Waals surface area contributed by atoms with Crippen LogP contribution in [-0.4, -0.2) is 19.2 Å². The normalized spacial score (nSPS) is 10.8. The van der Waals surface area contributed by atoms with Gasteiger partial charge in [-0.2, -0.15) is 0 Å². The molecule has 0 unspecified atom stereocenters. The maximum atomic E-state index is 12.7. The zero-order valence-electron chi connectivity index (χ0n) is 12.7. The Morgan fingerprint density at radius 2 is 2.12 bits per heavy atom. The summed E-state index contributed by atoms with van der Waals surface area (Å²) in [5.41, 5.74) is -0.117. The van der Waals surface area contributed by atoms with E-state index in [1.54, 1.807) is 31.2 Å². The van der Waals surface area contributed by atoms with Crippen LogP contribution in [0, 0.1) is 0 Å². The van der Waals surface area contributed by atoms with E-state index < -0.39 is 18.0 Å². The first-order chi connectivity index (χ1) is 11.6. The SMILES string of the molecule is CCOC(=O)COc1c(-c2ccco2)oc2ccc(Cl)cc2c1=O. The fourth-order valence-electron chi connectivity index (χ4n) is 2.19. The third-order valence-corrected chi connectivity index (χ3v) is 3.43. The summed E-state index contributed by atoms with van der Waals surface area (Å²) in [6.07, 6.45) is 1.44. The zero-order valence-corrected chi connectivity index (χ0v) is 13.5. The molecule has 0 radical (unpaired) electrons. The predicted octanol–water partition coefficient (Wildman–Crippen LogP) is 3.65. The molecule has 0 saturated carbocycles. The maximum absolute atomic E-state index is 12.7. The van der Waals surface area contributed by atoms with Crippen LogP contribution in [-0.2, 0) is 9.53 Å².